The fourth-order valence-electron chi connectivity index (χ4n) is 1.67. The van der Waals surface area contributed by atoms with Crippen molar-refractivity contribution in [2.45, 2.75) is 6.92 Å². The van der Waals surface area contributed by atoms with Gasteiger partial charge in [-0.3, -0.25) is 4.79 Å². The molecule has 0 bridgehead atoms. The van der Waals surface area contributed by atoms with Crippen molar-refractivity contribution >= 4 is 27.5 Å². The first kappa shape index (κ1) is 13.3. The number of halogens is 1. The average Bonchev–Trinajstić information content (AvgIpc) is 2.44. The van der Waals surface area contributed by atoms with Gasteiger partial charge in [0.2, 0.25) is 0 Å². The summed E-state index contributed by atoms with van der Waals surface area (Å²) >= 11 is 3.44. The van der Waals surface area contributed by atoms with Gasteiger partial charge in [-0.2, -0.15) is 5.26 Å². The van der Waals surface area contributed by atoms with Crippen LogP contribution in [0.4, 0.5) is 5.69 Å². The summed E-state index contributed by atoms with van der Waals surface area (Å²) in [5.41, 5.74) is 2.69. The van der Waals surface area contributed by atoms with Crippen molar-refractivity contribution in [3.05, 3.63) is 63.6 Å². The molecule has 0 fully saturated rings. The standard InChI is InChI=1S/C15H11BrN2O/c1-10-4-2-7-13(14(10)16)18-15(19)12-6-3-5-11(8-12)9-17/h2-8H,1H3,(H,18,19). The predicted octanol–water partition coefficient (Wildman–Crippen LogP) is 3.88. The SMILES string of the molecule is Cc1cccc(NC(=O)c2cccc(C#N)c2)c1Br. The van der Waals surface area contributed by atoms with Gasteiger partial charge < -0.3 is 5.32 Å². The van der Waals surface area contributed by atoms with Crippen LogP contribution in [-0.2, 0) is 0 Å². The van der Waals surface area contributed by atoms with Gasteiger partial charge in [-0.25, -0.2) is 0 Å². The second-order valence-corrected chi connectivity index (χ2v) is 4.88. The van der Waals surface area contributed by atoms with Gasteiger partial charge in [-0.15, -0.1) is 0 Å². The van der Waals surface area contributed by atoms with Crippen LogP contribution in [0.1, 0.15) is 21.5 Å². The van der Waals surface area contributed by atoms with Gasteiger partial charge in [-0.1, -0.05) is 18.2 Å². The van der Waals surface area contributed by atoms with E-state index in [1.54, 1.807) is 24.3 Å². The van der Waals surface area contributed by atoms with Crippen molar-refractivity contribution in [3.8, 4) is 6.07 Å². The summed E-state index contributed by atoms with van der Waals surface area (Å²) in [5, 5.41) is 11.6. The average molecular weight is 315 g/mol. The maximum absolute atomic E-state index is 12.1. The number of nitrogens with one attached hydrogen (secondary N) is 1. The normalized spacial score (nSPS) is 9.74. The third kappa shape index (κ3) is 3.01. The minimum absolute atomic E-state index is 0.233. The van der Waals surface area contributed by atoms with Gasteiger partial charge in [0.1, 0.15) is 0 Å². The van der Waals surface area contributed by atoms with Gasteiger partial charge in [0.25, 0.3) is 5.91 Å². The molecule has 0 aliphatic carbocycles. The molecule has 0 radical (unpaired) electrons. The van der Waals surface area contributed by atoms with Gasteiger partial charge in [0.15, 0.2) is 0 Å². The molecule has 0 heterocycles. The molecule has 0 atom stereocenters. The van der Waals surface area contributed by atoms with Crippen molar-refractivity contribution in [1.29, 1.82) is 5.26 Å². The third-order valence-corrected chi connectivity index (χ3v) is 3.75. The van der Waals surface area contributed by atoms with Crippen molar-refractivity contribution in [3.63, 3.8) is 0 Å². The fourth-order valence-corrected chi connectivity index (χ4v) is 2.03. The fraction of sp³-hybridized carbons (Fsp3) is 0.0667. The number of nitrogens with zero attached hydrogens (tertiary/aromatic N) is 1. The van der Waals surface area contributed by atoms with E-state index in [1.807, 2.05) is 31.2 Å². The Balaban J connectivity index is 2.26. The molecule has 2 rings (SSSR count). The summed E-state index contributed by atoms with van der Waals surface area (Å²) in [6.45, 7) is 1.95. The van der Waals surface area contributed by atoms with Crippen LogP contribution in [0.2, 0.25) is 0 Å². The molecular weight excluding hydrogens is 304 g/mol. The largest absolute Gasteiger partial charge is 0.321 e. The quantitative estimate of drug-likeness (QED) is 0.914. The van der Waals surface area contributed by atoms with E-state index in [0.29, 0.717) is 16.8 Å². The smallest absolute Gasteiger partial charge is 0.255 e. The summed E-state index contributed by atoms with van der Waals surface area (Å²) < 4.78 is 0.861. The lowest BCUT2D eigenvalue weighted by atomic mass is 10.1. The summed E-state index contributed by atoms with van der Waals surface area (Å²) in [7, 11) is 0. The lowest BCUT2D eigenvalue weighted by Gasteiger charge is -2.09. The molecule has 4 heteroatoms. The van der Waals surface area contributed by atoms with E-state index in [0.717, 1.165) is 10.0 Å². The highest BCUT2D eigenvalue weighted by molar-refractivity contribution is 9.10. The Hall–Kier alpha value is -2.12. The van der Waals surface area contributed by atoms with Crippen LogP contribution in [0.5, 0.6) is 0 Å². The first-order valence-corrected chi connectivity index (χ1v) is 6.48. The van der Waals surface area contributed by atoms with Gasteiger partial charge >= 0.3 is 0 Å². The Morgan fingerprint density at radius 3 is 2.74 bits per heavy atom. The monoisotopic (exact) mass is 314 g/mol. The number of hydrogen-bond donors (Lipinski definition) is 1. The zero-order valence-electron chi connectivity index (χ0n) is 10.3. The van der Waals surface area contributed by atoms with Crippen molar-refractivity contribution in [2.75, 3.05) is 5.32 Å². The summed E-state index contributed by atoms with van der Waals surface area (Å²) in [4.78, 5) is 12.1. The van der Waals surface area contributed by atoms with E-state index in [4.69, 9.17) is 5.26 Å². The minimum Gasteiger partial charge on any atom is -0.321 e. The lowest BCUT2D eigenvalue weighted by molar-refractivity contribution is 0.102. The molecule has 0 unspecified atom stereocenters. The van der Waals surface area contributed by atoms with Crippen LogP contribution in [-0.4, -0.2) is 5.91 Å². The number of carbonyl (C=O) groups excluding carboxylic acids is 1. The second kappa shape index (κ2) is 5.68. The molecule has 0 aliphatic heterocycles. The number of benzene rings is 2. The summed E-state index contributed by atoms with van der Waals surface area (Å²) in [5.74, 6) is -0.233. The minimum atomic E-state index is -0.233. The molecule has 0 saturated heterocycles. The van der Waals surface area contributed by atoms with Crippen LogP contribution in [0.25, 0.3) is 0 Å². The molecule has 3 nitrogen and oxygen atoms in total. The first-order chi connectivity index (χ1) is 9.11. The topological polar surface area (TPSA) is 52.9 Å². The molecule has 2 aromatic carbocycles. The molecule has 0 saturated carbocycles. The van der Waals surface area contributed by atoms with Crippen LogP contribution < -0.4 is 5.32 Å². The number of aryl methyl sites for hydroxylation is 1. The molecule has 1 N–H and O–H groups in total. The number of nitriles is 1. The maximum Gasteiger partial charge on any atom is 0.255 e. The molecule has 0 aliphatic rings. The zero-order chi connectivity index (χ0) is 13.8. The molecular formula is C15H11BrN2O. The number of amides is 1. The Labute approximate surface area is 120 Å². The summed E-state index contributed by atoms with van der Waals surface area (Å²) in [6.07, 6.45) is 0. The van der Waals surface area contributed by atoms with E-state index >= 15 is 0 Å². The van der Waals surface area contributed by atoms with E-state index in [1.165, 1.54) is 0 Å². The Morgan fingerprint density at radius 2 is 2.00 bits per heavy atom. The van der Waals surface area contributed by atoms with Crippen LogP contribution in [0.15, 0.2) is 46.9 Å². The Morgan fingerprint density at radius 1 is 1.26 bits per heavy atom. The molecule has 2 aromatic rings. The van der Waals surface area contributed by atoms with E-state index in [2.05, 4.69) is 21.2 Å². The molecule has 1 amide bonds. The first-order valence-electron chi connectivity index (χ1n) is 5.68. The molecule has 0 aromatic heterocycles. The van der Waals surface area contributed by atoms with E-state index < -0.39 is 0 Å². The van der Waals surface area contributed by atoms with Gasteiger partial charge in [0.05, 0.1) is 17.3 Å². The van der Waals surface area contributed by atoms with E-state index in [-0.39, 0.29) is 5.91 Å². The molecule has 0 spiro atoms. The van der Waals surface area contributed by atoms with Crippen molar-refractivity contribution in [2.24, 2.45) is 0 Å². The third-order valence-electron chi connectivity index (χ3n) is 2.69. The second-order valence-electron chi connectivity index (χ2n) is 4.08. The maximum atomic E-state index is 12.1. The van der Waals surface area contributed by atoms with Crippen molar-refractivity contribution < 1.29 is 4.79 Å². The van der Waals surface area contributed by atoms with Crippen LogP contribution in [0, 0.1) is 18.3 Å². The van der Waals surface area contributed by atoms with Gasteiger partial charge in [0, 0.05) is 10.0 Å². The van der Waals surface area contributed by atoms with E-state index in [9.17, 15) is 4.79 Å². The van der Waals surface area contributed by atoms with Crippen LogP contribution >= 0.6 is 15.9 Å². The highest BCUT2D eigenvalue weighted by atomic mass is 79.9. The predicted molar refractivity (Wildman–Crippen MR) is 78.0 cm³/mol. The molecule has 19 heavy (non-hydrogen) atoms. The number of carbonyl (C=O) groups is 1. The highest BCUT2D eigenvalue weighted by Crippen LogP contribution is 2.26. The zero-order valence-corrected chi connectivity index (χ0v) is 11.9. The van der Waals surface area contributed by atoms with Crippen molar-refractivity contribution in [1.82, 2.24) is 0 Å². The Kier molecular flexibility index (Phi) is 3.98. The number of hydrogen-bond acceptors (Lipinski definition) is 2. The lowest BCUT2D eigenvalue weighted by Crippen LogP contribution is -2.12. The Bertz CT molecular complexity index is 674. The van der Waals surface area contributed by atoms with Crippen LogP contribution in [0.3, 0.4) is 0 Å². The highest BCUT2D eigenvalue weighted by Gasteiger charge is 2.09. The number of anilines is 1. The molecule has 94 valence electrons. The summed E-state index contributed by atoms with van der Waals surface area (Å²) in [6, 6.07) is 14.3. The van der Waals surface area contributed by atoms with Gasteiger partial charge in [-0.05, 0) is 52.7 Å². The number of rotatable bonds is 2.